The maximum atomic E-state index is 13.7. The van der Waals surface area contributed by atoms with Crippen LogP contribution in [-0.4, -0.2) is 46.2 Å². The standard InChI is InChI=1S/C19H23FN2O3S/c1-15-5-7-18(8-6-15)26(23,24)21-14-19(22-9-11-25-12-10-22)16-3-2-4-17(20)13-16/h2-8,13,19,21H,9-12,14H2,1H3. The summed E-state index contributed by atoms with van der Waals surface area (Å²) in [7, 11) is -3.63. The molecular formula is C19H23FN2O3S. The van der Waals surface area contributed by atoms with Crippen LogP contribution in [-0.2, 0) is 14.8 Å². The van der Waals surface area contributed by atoms with Gasteiger partial charge in [0.2, 0.25) is 10.0 Å². The van der Waals surface area contributed by atoms with E-state index in [1.165, 1.54) is 12.1 Å². The van der Waals surface area contributed by atoms with Crippen LogP contribution in [0.4, 0.5) is 4.39 Å². The van der Waals surface area contributed by atoms with Gasteiger partial charge >= 0.3 is 0 Å². The van der Waals surface area contributed by atoms with Crippen LogP contribution < -0.4 is 4.72 Å². The molecule has 1 N–H and O–H groups in total. The molecule has 1 heterocycles. The average Bonchev–Trinajstić information content (AvgIpc) is 2.63. The molecule has 1 atom stereocenters. The molecule has 0 saturated carbocycles. The molecule has 0 bridgehead atoms. The lowest BCUT2D eigenvalue weighted by atomic mass is 10.0. The number of nitrogens with zero attached hydrogens (tertiary/aromatic N) is 1. The lowest BCUT2D eigenvalue weighted by Crippen LogP contribution is -2.43. The SMILES string of the molecule is Cc1ccc(S(=O)(=O)NCC(c2cccc(F)c2)N2CCOCC2)cc1. The Bertz CT molecular complexity index is 834. The molecule has 0 amide bonds. The molecule has 1 saturated heterocycles. The third-order valence-corrected chi connectivity index (χ3v) is 5.96. The number of hydrogen-bond donors (Lipinski definition) is 1. The number of morpholine rings is 1. The summed E-state index contributed by atoms with van der Waals surface area (Å²) in [6.07, 6.45) is 0. The van der Waals surface area contributed by atoms with Crippen molar-refractivity contribution in [3.63, 3.8) is 0 Å². The van der Waals surface area contributed by atoms with Crippen molar-refractivity contribution in [2.75, 3.05) is 32.8 Å². The molecule has 0 aliphatic carbocycles. The topological polar surface area (TPSA) is 58.6 Å². The van der Waals surface area contributed by atoms with E-state index in [2.05, 4.69) is 9.62 Å². The van der Waals surface area contributed by atoms with Gasteiger partial charge in [0.1, 0.15) is 5.82 Å². The van der Waals surface area contributed by atoms with Crippen molar-refractivity contribution < 1.29 is 17.5 Å². The first kappa shape index (κ1) is 19.0. The van der Waals surface area contributed by atoms with Gasteiger partial charge in [-0.2, -0.15) is 0 Å². The molecule has 1 aliphatic heterocycles. The van der Waals surface area contributed by atoms with Crippen molar-refractivity contribution in [2.24, 2.45) is 0 Å². The van der Waals surface area contributed by atoms with Gasteiger partial charge in [-0.25, -0.2) is 17.5 Å². The maximum Gasteiger partial charge on any atom is 0.240 e. The summed E-state index contributed by atoms with van der Waals surface area (Å²) < 4.78 is 46.9. The zero-order chi connectivity index (χ0) is 18.6. The number of ether oxygens (including phenoxy) is 1. The van der Waals surface area contributed by atoms with Crippen molar-refractivity contribution in [3.8, 4) is 0 Å². The van der Waals surface area contributed by atoms with E-state index in [-0.39, 0.29) is 23.3 Å². The zero-order valence-electron chi connectivity index (χ0n) is 14.7. The molecule has 5 nitrogen and oxygen atoms in total. The average molecular weight is 378 g/mol. The first-order valence-corrected chi connectivity index (χ1v) is 10.1. The third kappa shape index (κ3) is 4.67. The Balaban J connectivity index is 1.80. The fourth-order valence-electron chi connectivity index (χ4n) is 3.05. The van der Waals surface area contributed by atoms with Crippen molar-refractivity contribution >= 4 is 10.0 Å². The highest BCUT2D eigenvalue weighted by molar-refractivity contribution is 7.89. The Kier molecular flexibility index (Phi) is 6.03. The second kappa shape index (κ2) is 8.26. The lowest BCUT2D eigenvalue weighted by molar-refractivity contribution is 0.0171. The van der Waals surface area contributed by atoms with Gasteiger partial charge in [0.05, 0.1) is 18.1 Å². The monoisotopic (exact) mass is 378 g/mol. The Labute approximate surface area is 153 Å². The number of halogens is 1. The highest BCUT2D eigenvalue weighted by Gasteiger charge is 2.25. The lowest BCUT2D eigenvalue weighted by Gasteiger charge is -2.34. The summed E-state index contributed by atoms with van der Waals surface area (Å²) >= 11 is 0. The smallest absolute Gasteiger partial charge is 0.240 e. The summed E-state index contributed by atoms with van der Waals surface area (Å²) in [4.78, 5) is 2.35. The van der Waals surface area contributed by atoms with Gasteiger partial charge in [-0.05, 0) is 36.8 Å². The van der Waals surface area contributed by atoms with E-state index < -0.39 is 10.0 Å². The third-order valence-electron chi connectivity index (χ3n) is 4.52. The Morgan fingerprint density at radius 3 is 2.50 bits per heavy atom. The highest BCUT2D eigenvalue weighted by atomic mass is 32.2. The zero-order valence-corrected chi connectivity index (χ0v) is 15.5. The molecule has 26 heavy (non-hydrogen) atoms. The highest BCUT2D eigenvalue weighted by Crippen LogP contribution is 2.23. The van der Waals surface area contributed by atoms with Gasteiger partial charge in [-0.3, -0.25) is 4.90 Å². The van der Waals surface area contributed by atoms with E-state index in [0.29, 0.717) is 26.3 Å². The normalized spacial score (nSPS) is 17.2. The van der Waals surface area contributed by atoms with Crippen LogP contribution in [0.2, 0.25) is 0 Å². The molecule has 2 aromatic carbocycles. The molecule has 1 aliphatic rings. The predicted octanol–water partition coefficient (Wildman–Crippen LogP) is 2.49. The minimum Gasteiger partial charge on any atom is -0.379 e. The minimum atomic E-state index is -3.63. The van der Waals surface area contributed by atoms with Crippen LogP contribution in [0.15, 0.2) is 53.4 Å². The van der Waals surface area contributed by atoms with Crippen LogP contribution in [0.5, 0.6) is 0 Å². The Morgan fingerprint density at radius 1 is 1.15 bits per heavy atom. The maximum absolute atomic E-state index is 13.7. The Hall–Kier alpha value is -1.80. The first-order chi connectivity index (χ1) is 12.5. The van der Waals surface area contributed by atoms with E-state index in [4.69, 9.17) is 4.74 Å². The van der Waals surface area contributed by atoms with Crippen molar-refractivity contribution in [1.82, 2.24) is 9.62 Å². The van der Waals surface area contributed by atoms with Crippen LogP contribution in [0, 0.1) is 12.7 Å². The quantitative estimate of drug-likeness (QED) is 0.839. The van der Waals surface area contributed by atoms with Gasteiger partial charge in [-0.1, -0.05) is 29.8 Å². The van der Waals surface area contributed by atoms with Crippen molar-refractivity contribution in [2.45, 2.75) is 17.9 Å². The summed E-state index contributed by atoms with van der Waals surface area (Å²) in [5.74, 6) is -0.331. The first-order valence-electron chi connectivity index (χ1n) is 8.59. The van der Waals surface area contributed by atoms with Crippen LogP contribution in [0.25, 0.3) is 0 Å². The summed E-state index contributed by atoms with van der Waals surface area (Å²) in [5, 5.41) is 0. The van der Waals surface area contributed by atoms with Gasteiger partial charge in [0, 0.05) is 25.7 Å². The van der Waals surface area contributed by atoms with E-state index in [9.17, 15) is 12.8 Å². The van der Waals surface area contributed by atoms with E-state index >= 15 is 0 Å². The minimum absolute atomic E-state index is 0.166. The largest absolute Gasteiger partial charge is 0.379 e. The number of benzene rings is 2. The molecule has 0 radical (unpaired) electrons. The molecular weight excluding hydrogens is 355 g/mol. The summed E-state index contributed by atoms with van der Waals surface area (Å²) in [5.41, 5.74) is 1.74. The molecule has 1 fully saturated rings. The van der Waals surface area contributed by atoms with Gasteiger partial charge in [-0.15, -0.1) is 0 Å². The van der Waals surface area contributed by atoms with Crippen LogP contribution >= 0.6 is 0 Å². The van der Waals surface area contributed by atoms with Gasteiger partial charge in [0.15, 0.2) is 0 Å². The fraction of sp³-hybridized carbons (Fsp3) is 0.368. The van der Waals surface area contributed by atoms with Gasteiger partial charge < -0.3 is 4.74 Å². The van der Waals surface area contributed by atoms with Crippen molar-refractivity contribution in [1.29, 1.82) is 0 Å². The fourth-order valence-corrected chi connectivity index (χ4v) is 4.09. The number of hydrogen-bond acceptors (Lipinski definition) is 4. The van der Waals surface area contributed by atoms with E-state index in [0.717, 1.165) is 11.1 Å². The number of aryl methyl sites for hydroxylation is 1. The second-order valence-electron chi connectivity index (χ2n) is 6.38. The van der Waals surface area contributed by atoms with E-state index in [1.54, 1.807) is 30.3 Å². The molecule has 2 aromatic rings. The number of sulfonamides is 1. The van der Waals surface area contributed by atoms with Crippen LogP contribution in [0.1, 0.15) is 17.2 Å². The molecule has 0 spiro atoms. The number of nitrogens with one attached hydrogen (secondary N) is 1. The molecule has 7 heteroatoms. The van der Waals surface area contributed by atoms with E-state index in [1.807, 2.05) is 13.0 Å². The second-order valence-corrected chi connectivity index (χ2v) is 8.15. The van der Waals surface area contributed by atoms with Gasteiger partial charge in [0.25, 0.3) is 0 Å². The van der Waals surface area contributed by atoms with Crippen molar-refractivity contribution in [3.05, 3.63) is 65.5 Å². The Morgan fingerprint density at radius 2 is 1.85 bits per heavy atom. The number of rotatable bonds is 6. The molecule has 3 rings (SSSR count). The molecule has 140 valence electrons. The predicted molar refractivity (Wildman–Crippen MR) is 97.9 cm³/mol. The molecule has 0 aromatic heterocycles. The van der Waals surface area contributed by atoms with Crippen LogP contribution in [0.3, 0.4) is 0 Å². The summed E-state index contributed by atoms with van der Waals surface area (Å²) in [6.45, 7) is 4.58. The molecule has 1 unspecified atom stereocenters. The summed E-state index contributed by atoms with van der Waals surface area (Å²) in [6, 6.07) is 12.8.